The summed E-state index contributed by atoms with van der Waals surface area (Å²) in [5.41, 5.74) is -1.05. The molecule has 2 aromatic rings. The van der Waals surface area contributed by atoms with Crippen molar-refractivity contribution in [2.45, 2.75) is 39.1 Å². The Morgan fingerprint density at radius 1 is 1.15 bits per heavy atom. The Bertz CT molecular complexity index is 934. The molecular formula is C16H20N3O7P. The van der Waals surface area contributed by atoms with Gasteiger partial charge in [-0.25, -0.2) is 0 Å². The number of nitro groups is 2. The van der Waals surface area contributed by atoms with E-state index in [-0.39, 0.29) is 16.5 Å². The van der Waals surface area contributed by atoms with Crippen molar-refractivity contribution in [2.24, 2.45) is 0 Å². The summed E-state index contributed by atoms with van der Waals surface area (Å²) in [4.78, 5) is 31.5. The van der Waals surface area contributed by atoms with Crippen LogP contribution < -0.4 is 5.32 Å². The van der Waals surface area contributed by atoms with E-state index in [1.165, 1.54) is 19.1 Å². The number of rotatable bonds is 8. The highest BCUT2D eigenvalue weighted by atomic mass is 31.2. The summed E-state index contributed by atoms with van der Waals surface area (Å²) >= 11 is 0. The first-order valence-electron chi connectivity index (χ1n) is 8.20. The summed E-state index contributed by atoms with van der Waals surface area (Å²) in [6.45, 7) is 4.79. The van der Waals surface area contributed by atoms with E-state index >= 15 is 0 Å². The Labute approximate surface area is 155 Å². The summed E-state index contributed by atoms with van der Waals surface area (Å²) in [5, 5.41) is 25.8. The summed E-state index contributed by atoms with van der Waals surface area (Å²) in [6, 6.07) is 6.91. The van der Waals surface area contributed by atoms with Crippen molar-refractivity contribution >= 4 is 35.4 Å². The van der Waals surface area contributed by atoms with Crippen LogP contribution in [-0.2, 0) is 9.09 Å². The fourth-order valence-electron chi connectivity index (χ4n) is 2.50. The second-order valence-corrected chi connectivity index (χ2v) is 8.17. The van der Waals surface area contributed by atoms with Gasteiger partial charge in [-0.15, -0.1) is 0 Å². The lowest BCUT2D eigenvalue weighted by atomic mass is 10.1. The maximum Gasteiger partial charge on any atom is 0.350 e. The lowest BCUT2D eigenvalue weighted by Gasteiger charge is -2.24. The smallest absolute Gasteiger partial charge is 0.350 e. The van der Waals surface area contributed by atoms with Crippen LogP contribution in [0.25, 0.3) is 10.8 Å². The number of fused-ring (bicyclic) bond motifs is 1. The highest BCUT2D eigenvalue weighted by molar-refractivity contribution is 7.53. The van der Waals surface area contributed by atoms with E-state index < -0.39 is 40.7 Å². The molecule has 0 amide bonds. The monoisotopic (exact) mass is 397 g/mol. The van der Waals surface area contributed by atoms with Gasteiger partial charge in [0.15, 0.2) is 0 Å². The predicted octanol–water partition coefficient (Wildman–Crippen LogP) is 4.41. The molecule has 0 radical (unpaired) electrons. The standard InChI is InChI=1S/C16H20N3O7P/c1-4-10(2)26-27(24,25)11(3)17-16-13-8-6-5-7-12(13)14(18(20)21)9-15(16)19(22)23/h5-11,17H,4H2,1-3H3,(H,24,25). The number of nitrogens with one attached hydrogen (secondary N) is 1. The molecule has 0 saturated carbocycles. The fraction of sp³-hybridized carbons (Fsp3) is 0.375. The van der Waals surface area contributed by atoms with Crippen molar-refractivity contribution in [1.29, 1.82) is 0 Å². The van der Waals surface area contributed by atoms with Gasteiger partial charge < -0.3 is 14.7 Å². The first-order valence-corrected chi connectivity index (χ1v) is 9.85. The minimum Gasteiger partial charge on any atom is -0.366 e. The van der Waals surface area contributed by atoms with Gasteiger partial charge in [0.2, 0.25) is 0 Å². The molecule has 0 spiro atoms. The molecule has 27 heavy (non-hydrogen) atoms. The molecule has 0 heterocycles. The van der Waals surface area contributed by atoms with Gasteiger partial charge in [-0.05, 0) is 26.3 Å². The van der Waals surface area contributed by atoms with Crippen molar-refractivity contribution < 1.29 is 23.8 Å². The van der Waals surface area contributed by atoms with Gasteiger partial charge in [-0.3, -0.25) is 24.8 Å². The van der Waals surface area contributed by atoms with Gasteiger partial charge in [0.1, 0.15) is 11.5 Å². The van der Waals surface area contributed by atoms with Crippen LogP contribution in [0.2, 0.25) is 0 Å². The second kappa shape index (κ2) is 7.99. The molecule has 3 unspecified atom stereocenters. The van der Waals surface area contributed by atoms with E-state index in [2.05, 4.69) is 5.32 Å². The summed E-state index contributed by atoms with van der Waals surface area (Å²) in [7, 11) is -4.15. The lowest BCUT2D eigenvalue weighted by Crippen LogP contribution is -2.20. The highest BCUT2D eigenvalue weighted by Gasteiger charge is 2.34. The number of hydrogen-bond donors (Lipinski definition) is 2. The molecule has 2 aromatic carbocycles. The predicted molar refractivity (Wildman–Crippen MR) is 101 cm³/mol. The quantitative estimate of drug-likeness (QED) is 0.378. The molecule has 0 aliphatic rings. The molecule has 0 fully saturated rings. The van der Waals surface area contributed by atoms with Gasteiger partial charge >= 0.3 is 7.60 Å². The fourth-order valence-corrected chi connectivity index (χ4v) is 3.64. The molecule has 0 bridgehead atoms. The number of nitro benzene ring substituents is 2. The molecule has 0 aromatic heterocycles. The largest absolute Gasteiger partial charge is 0.366 e. The van der Waals surface area contributed by atoms with Crippen LogP contribution in [0.1, 0.15) is 27.2 Å². The molecular weight excluding hydrogens is 377 g/mol. The third-order valence-electron chi connectivity index (χ3n) is 4.14. The van der Waals surface area contributed by atoms with Crippen molar-refractivity contribution in [3.63, 3.8) is 0 Å². The lowest BCUT2D eigenvalue weighted by molar-refractivity contribution is -0.392. The first kappa shape index (κ1) is 20.8. The van der Waals surface area contributed by atoms with Crippen molar-refractivity contribution in [1.82, 2.24) is 0 Å². The SMILES string of the molecule is CCC(C)OP(=O)(O)C(C)Nc1c([N+](=O)[O-])cc([N+](=O)[O-])c2ccccc12. The van der Waals surface area contributed by atoms with Gasteiger partial charge in [0.05, 0.1) is 27.4 Å². The van der Waals surface area contributed by atoms with E-state index in [1.807, 2.05) is 0 Å². The Morgan fingerprint density at radius 2 is 1.70 bits per heavy atom. The molecule has 10 nitrogen and oxygen atoms in total. The van der Waals surface area contributed by atoms with Crippen LogP contribution in [0.5, 0.6) is 0 Å². The number of benzene rings is 2. The van der Waals surface area contributed by atoms with Gasteiger partial charge in [-0.2, -0.15) is 0 Å². The van der Waals surface area contributed by atoms with Crippen molar-refractivity contribution in [2.75, 3.05) is 5.32 Å². The molecule has 0 saturated heterocycles. The Kier molecular flexibility index (Phi) is 6.15. The maximum atomic E-state index is 12.5. The molecule has 3 atom stereocenters. The van der Waals surface area contributed by atoms with Crippen LogP contribution >= 0.6 is 7.60 Å². The molecule has 2 N–H and O–H groups in total. The highest BCUT2D eigenvalue weighted by Crippen LogP contribution is 2.50. The maximum absolute atomic E-state index is 12.5. The summed E-state index contributed by atoms with van der Waals surface area (Å²) < 4.78 is 17.6. The number of anilines is 1. The first-order chi connectivity index (χ1) is 12.6. The Morgan fingerprint density at radius 3 is 2.22 bits per heavy atom. The van der Waals surface area contributed by atoms with Crippen molar-refractivity contribution in [3.8, 4) is 0 Å². The van der Waals surface area contributed by atoms with Crippen LogP contribution in [0.3, 0.4) is 0 Å². The van der Waals surface area contributed by atoms with Gasteiger partial charge in [-0.1, -0.05) is 25.1 Å². The number of non-ortho nitro benzene ring substituents is 1. The summed E-state index contributed by atoms with van der Waals surface area (Å²) in [5.74, 6) is -1.17. The third-order valence-corrected chi connectivity index (χ3v) is 5.91. The minimum absolute atomic E-state index is 0.0734. The van der Waals surface area contributed by atoms with Crippen LogP contribution in [0.4, 0.5) is 17.1 Å². The topological polar surface area (TPSA) is 145 Å². The van der Waals surface area contributed by atoms with Gasteiger partial charge in [0, 0.05) is 5.39 Å². The van der Waals surface area contributed by atoms with Crippen LogP contribution in [-0.4, -0.2) is 26.6 Å². The second-order valence-electron chi connectivity index (χ2n) is 6.06. The van der Waals surface area contributed by atoms with Crippen LogP contribution in [0.15, 0.2) is 30.3 Å². The Balaban J connectivity index is 2.59. The molecule has 0 aliphatic carbocycles. The normalized spacial score (nSPS) is 15.7. The minimum atomic E-state index is -4.15. The average Bonchev–Trinajstić information content (AvgIpc) is 2.60. The Hall–Kier alpha value is -2.55. The van der Waals surface area contributed by atoms with Gasteiger partial charge in [0.25, 0.3) is 11.4 Å². The number of nitrogens with zero attached hydrogens (tertiary/aromatic N) is 2. The van der Waals surface area contributed by atoms with E-state index in [0.717, 1.165) is 6.07 Å². The van der Waals surface area contributed by atoms with Crippen molar-refractivity contribution in [3.05, 3.63) is 50.6 Å². The van der Waals surface area contributed by atoms with E-state index in [4.69, 9.17) is 4.52 Å². The molecule has 11 heteroatoms. The third kappa shape index (κ3) is 4.41. The molecule has 0 aliphatic heterocycles. The van der Waals surface area contributed by atoms with Crippen LogP contribution in [0, 0.1) is 20.2 Å². The van der Waals surface area contributed by atoms with E-state index in [0.29, 0.717) is 6.42 Å². The summed E-state index contributed by atoms with van der Waals surface area (Å²) in [6.07, 6.45) is 0.0337. The molecule has 146 valence electrons. The zero-order chi connectivity index (χ0) is 20.4. The zero-order valence-electron chi connectivity index (χ0n) is 15.0. The average molecular weight is 397 g/mol. The van der Waals surface area contributed by atoms with E-state index in [9.17, 15) is 29.7 Å². The van der Waals surface area contributed by atoms with E-state index in [1.54, 1.807) is 26.0 Å². The molecule has 2 rings (SSSR count). The number of hydrogen-bond acceptors (Lipinski definition) is 7. The zero-order valence-corrected chi connectivity index (χ0v) is 15.9.